The van der Waals surface area contributed by atoms with Crippen LogP contribution in [0, 0.1) is 25.2 Å². The van der Waals surface area contributed by atoms with Crippen molar-refractivity contribution in [3.05, 3.63) is 28.8 Å². The SMILES string of the molecule is CCC(C#N)Oc1c(C)cc(CNC2CC2)cc1C. The Balaban J connectivity index is 2.09. The number of hydrogen-bond donors (Lipinski definition) is 1. The highest BCUT2D eigenvalue weighted by Gasteiger charge is 2.20. The van der Waals surface area contributed by atoms with Gasteiger partial charge in [-0.2, -0.15) is 5.26 Å². The minimum Gasteiger partial charge on any atom is -0.475 e. The molecule has 1 atom stereocenters. The third-order valence-electron chi connectivity index (χ3n) is 3.47. The molecule has 1 aromatic rings. The Morgan fingerprint density at radius 2 is 2.00 bits per heavy atom. The van der Waals surface area contributed by atoms with Gasteiger partial charge >= 0.3 is 0 Å². The highest BCUT2D eigenvalue weighted by molar-refractivity contribution is 5.43. The molecule has 3 nitrogen and oxygen atoms in total. The van der Waals surface area contributed by atoms with E-state index in [-0.39, 0.29) is 6.10 Å². The van der Waals surface area contributed by atoms with Gasteiger partial charge in [0.05, 0.1) is 0 Å². The first-order chi connectivity index (χ1) is 9.13. The topological polar surface area (TPSA) is 45.0 Å². The molecule has 0 aliphatic heterocycles. The summed E-state index contributed by atoms with van der Waals surface area (Å²) in [5.74, 6) is 0.864. The van der Waals surface area contributed by atoms with E-state index in [2.05, 4.69) is 23.5 Å². The molecule has 0 bridgehead atoms. The number of benzene rings is 1. The number of nitriles is 1. The zero-order valence-corrected chi connectivity index (χ0v) is 12.0. The van der Waals surface area contributed by atoms with Crippen LogP contribution < -0.4 is 10.1 Å². The lowest BCUT2D eigenvalue weighted by Crippen LogP contribution is -2.16. The summed E-state index contributed by atoms with van der Waals surface area (Å²) in [4.78, 5) is 0. The van der Waals surface area contributed by atoms with Crippen LogP contribution in [0.15, 0.2) is 12.1 Å². The van der Waals surface area contributed by atoms with Crippen LogP contribution in [0.25, 0.3) is 0 Å². The van der Waals surface area contributed by atoms with E-state index in [1.807, 2.05) is 20.8 Å². The second kappa shape index (κ2) is 6.08. The quantitative estimate of drug-likeness (QED) is 0.852. The molecule has 0 amide bonds. The van der Waals surface area contributed by atoms with Gasteiger partial charge in [0.1, 0.15) is 11.8 Å². The second-order valence-corrected chi connectivity index (χ2v) is 5.36. The number of aryl methyl sites for hydroxylation is 2. The van der Waals surface area contributed by atoms with E-state index in [4.69, 9.17) is 10.00 Å². The third-order valence-corrected chi connectivity index (χ3v) is 3.47. The summed E-state index contributed by atoms with van der Waals surface area (Å²) in [6, 6.07) is 7.21. The van der Waals surface area contributed by atoms with E-state index in [0.29, 0.717) is 6.42 Å². The van der Waals surface area contributed by atoms with Gasteiger partial charge in [-0.3, -0.25) is 0 Å². The fourth-order valence-corrected chi connectivity index (χ4v) is 2.22. The van der Waals surface area contributed by atoms with Crippen molar-refractivity contribution in [2.45, 2.75) is 58.7 Å². The summed E-state index contributed by atoms with van der Waals surface area (Å²) in [7, 11) is 0. The first-order valence-corrected chi connectivity index (χ1v) is 7.03. The van der Waals surface area contributed by atoms with Crippen molar-refractivity contribution in [1.29, 1.82) is 5.26 Å². The van der Waals surface area contributed by atoms with E-state index < -0.39 is 0 Å². The van der Waals surface area contributed by atoms with Crippen molar-refractivity contribution in [1.82, 2.24) is 5.32 Å². The smallest absolute Gasteiger partial charge is 0.184 e. The van der Waals surface area contributed by atoms with Gasteiger partial charge in [-0.25, -0.2) is 0 Å². The minimum atomic E-state index is -0.354. The van der Waals surface area contributed by atoms with Crippen LogP contribution in [0.3, 0.4) is 0 Å². The van der Waals surface area contributed by atoms with Gasteiger partial charge in [-0.15, -0.1) is 0 Å². The van der Waals surface area contributed by atoms with E-state index >= 15 is 0 Å². The molecule has 1 unspecified atom stereocenters. The molecule has 1 saturated carbocycles. The fourth-order valence-electron chi connectivity index (χ4n) is 2.22. The first kappa shape index (κ1) is 13.9. The molecule has 1 fully saturated rings. The van der Waals surface area contributed by atoms with Crippen LogP contribution >= 0.6 is 0 Å². The van der Waals surface area contributed by atoms with E-state index in [1.165, 1.54) is 18.4 Å². The predicted molar refractivity (Wildman–Crippen MR) is 76.1 cm³/mol. The lowest BCUT2D eigenvalue weighted by atomic mass is 10.1. The molecule has 1 aromatic carbocycles. The highest BCUT2D eigenvalue weighted by Crippen LogP contribution is 2.27. The molecule has 0 heterocycles. The Morgan fingerprint density at radius 1 is 1.37 bits per heavy atom. The van der Waals surface area contributed by atoms with Gasteiger partial charge in [0, 0.05) is 12.6 Å². The molecule has 1 aliphatic rings. The number of hydrogen-bond acceptors (Lipinski definition) is 3. The van der Waals surface area contributed by atoms with Crippen molar-refractivity contribution in [3.8, 4) is 11.8 Å². The summed E-state index contributed by atoms with van der Waals surface area (Å²) in [5, 5.41) is 12.5. The average Bonchev–Trinajstić information content (AvgIpc) is 3.20. The Bertz CT molecular complexity index is 463. The standard InChI is InChI=1S/C16H22N2O/c1-4-15(9-17)19-16-11(2)7-13(8-12(16)3)10-18-14-5-6-14/h7-8,14-15,18H,4-6,10H2,1-3H3. The number of rotatable bonds is 6. The van der Waals surface area contributed by atoms with Crippen LogP contribution in [-0.4, -0.2) is 12.1 Å². The molecule has 19 heavy (non-hydrogen) atoms. The number of nitrogens with one attached hydrogen (secondary N) is 1. The maximum atomic E-state index is 8.99. The molecule has 0 aromatic heterocycles. The summed E-state index contributed by atoms with van der Waals surface area (Å²) >= 11 is 0. The minimum absolute atomic E-state index is 0.354. The number of nitrogens with zero attached hydrogens (tertiary/aromatic N) is 1. The monoisotopic (exact) mass is 258 g/mol. The summed E-state index contributed by atoms with van der Waals surface area (Å²) < 4.78 is 5.79. The maximum Gasteiger partial charge on any atom is 0.184 e. The Labute approximate surface area is 115 Å². The lowest BCUT2D eigenvalue weighted by Gasteiger charge is -2.17. The lowest BCUT2D eigenvalue weighted by molar-refractivity contribution is 0.248. The Hall–Kier alpha value is -1.53. The molecule has 1 aliphatic carbocycles. The molecule has 102 valence electrons. The van der Waals surface area contributed by atoms with Crippen molar-refractivity contribution >= 4 is 0 Å². The molecule has 0 saturated heterocycles. The molecular formula is C16H22N2O. The van der Waals surface area contributed by atoms with Gasteiger partial charge in [0.15, 0.2) is 6.10 Å². The highest BCUT2D eigenvalue weighted by atomic mass is 16.5. The average molecular weight is 258 g/mol. The molecular weight excluding hydrogens is 236 g/mol. The van der Waals surface area contributed by atoms with Crippen molar-refractivity contribution < 1.29 is 4.74 Å². The fraction of sp³-hybridized carbons (Fsp3) is 0.562. The van der Waals surface area contributed by atoms with Gasteiger partial charge in [-0.05, 0) is 49.8 Å². The molecule has 0 spiro atoms. The van der Waals surface area contributed by atoms with Crippen molar-refractivity contribution in [2.75, 3.05) is 0 Å². The van der Waals surface area contributed by atoms with Gasteiger partial charge < -0.3 is 10.1 Å². The Morgan fingerprint density at radius 3 is 2.47 bits per heavy atom. The maximum absolute atomic E-state index is 8.99. The molecule has 3 heteroatoms. The molecule has 2 rings (SSSR count). The van der Waals surface area contributed by atoms with Crippen LogP contribution in [0.1, 0.15) is 42.9 Å². The van der Waals surface area contributed by atoms with Crippen molar-refractivity contribution in [3.63, 3.8) is 0 Å². The van der Waals surface area contributed by atoms with Gasteiger partial charge in [-0.1, -0.05) is 19.1 Å². The van der Waals surface area contributed by atoms with E-state index in [9.17, 15) is 0 Å². The van der Waals surface area contributed by atoms with Crippen molar-refractivity contribution in [2.24, 2.45) is 0 Å². The summed E-state index contributed by atoms with van der Waals surface area (Å²) in [6.07, 6.45) is 2.96. The summed E-state index contributed by atoms with van der Waals surface area (Å²) in [5.41, 5.74) is 3.52. The summed E-state index contributed by atoms with van der Waals surface area (Å²) in [6.45, 7) is 6.98. The van der Waals surface area contributed by atoms with Crippen LogP contribution in [0.2, 0.25) is 0 Å². The van der Waals surface area contributed by atoms with Gasteiger partial charge in [0.25, 0.3) is 0 Å². The molecule has 1 N–H and O–H groups in total. The third kappa shape index (κ3) is 3.71. The van der Waals surface area contributed by atoms with Crippen LogP contribution in [0.4, 0.5) is 0 Å². The van der Waals surface area contributed by atoms with E-state index in [1.54, 1.807) is 0 Å². The van der Waals surface area contributed by atoms with E-state index in [0.717, 1.165) is 29.5 Å². The van der Waals surface area contributed by atoms with Gasteiger partial charge in [0.2, 0.25) is 0 Å². The largest absolute Gasteiger partial charge is 0.475 e. The predicted octanol–water partition coefficient (Wildman–Crippen LogP) is 3.24. The zero-order chi connectivity index (χ0) is 13.8. The van der Waals surface area contributed by atoms with Crippen LogP contribution in [-0.2, 0) is 6.54 Å². The Kier molecular flexibility index (Phi) is 4.44. The molecule has 0 radical (unpaired) electrons. The second-order valence-electron chi connectivity index (χ2n) is 5.36. The number of ether oxygens (including phenoxy) is 1. The zero-order valence-electron chi connectivity index (χ0n) is 12.0. The normalized spacial score (nSPS) is 15.9. The van der Waals surface area contributed by atoms with Crippen LogP contribution in [0.5, 0.6) is 5.75 Å². The first-order valence-electron chi connectivity index (χ1n) is 7.03.